The summed E-state index contributed by atoms with van der Waals surface area (Å²) >= 11 is 3.31. The Balaban J connectivity index is 2.42. The number of benzene rings is 1. The lowest BCUT2D eigenvalue weighted by Crippen LogP contribution is -2.12. The molecule has 1 heterocycles. The first-order chi connectivity index (χ1) is 9.11. The summed E-state index contributed by atoms with van der Waals surface area (Å²) in [6.45, 7) is 0. The maximum absolute atomic E-state index is 11.0. The van der Waals surface area contributed by atoms with Gasteiger partial charge in [0.25, 0.3) is 0 Å². The van der Waals surface area contributed by atoms with Crippen LogP contribution in [-0.2, 0) is 0 Å². The maximum Gasteiger partial charge on any atom is 0.354 e. The Morgan fingerprint density at radius 2 is 2.05 bits per heavy atom. The van der Waals surface area contributed by atoms with E-state index in [1.165, 1.54) is 6.33 Å². The molecule has 0 unspecified atom stereocenters. The topological polar surface area (TPSA) is 119 Å². The third-order valence-electron chi connectivity index (χ3n) is 2.23. The average Bonchev–Trinajstić information content (AvgIpc) is 2.38. The third kappa shape index (κ3) is 2.95. The predicted octanol–water partition coefficient (Wildman–Crippen LogP) is 2.18. The molecule has 98 valence electrons. The quantitative estimate of drug-likeness (QED) is 0.448. The molecule has 1 aromatic heterocycles. The smallest absolute Gasteiger partial charge is 0.334 e. The highest BCUT2D eigenvalue weighted by molar-refractivity contribution is 9.10. The fourth-order valence-corrected chi connectivity index (χ4v) is 1.85. The number of nitrogens with one attached hydrogen (secondary N) is 2. The number of anilines is 3. The minimum Gasteiger partial charge on any atom is -0.334 e. The zero-order valence-corrected chi connectivity index (χ0v) is 11.1. The van der Waals surface area contributed by atoms with Crippen molar-refractivity contribution in [2.24, 2.45) is 5.84 Å². The van der Waals surface area contributed by atoms with Crippen LogP contribution in [0.4, 0.5) is 23.0 Å². The lowest BCUT2D eigenvalue weighted by Gasteiger charge is -2.08. The summed E-state index contributed by atoms with van der Waals surface area (Å²) < 4.78 is 0.839. The molecule has 19 heavy (non-hydrogen) atoms. The van der Waals surface area contributed by atoms with E-state index in [-0.39, 0.29) is 17.3 Å². The lowest BCUT2D eigenvalue weighted by atomic mass is 10.3. The Morgan fingerprint density at radius 1 is 1.32 bits per heavy atom. The SMILES string of the molecule is NNc1ncnc(Nc2cccc(Br)c2)c1[N+](=O)[O-]. The van der Waals surface area contributed by atoms with Crippen molar-refractivity contribution in [3.05, 3.63) is 45.2 Å². The van der Waals surface area contributed by atoms with Gasteiger partial charge >= 0.3 is 5.69 Å². The lowest BCUT2D eigenvalue weighted by molar-refractivity contribution is -0.383. The second-order valence-electron chi connectivity index (χ2n) is 3.46. The van der Waals surface area contributed by atoms with E-state index in [0.717, 1.165) is 4.47 Å². The van der Waals surface area contributed by atoms with Gasteiger partial charge in [0.05, 0.1) is 4.92 Å². The predicted molar refractivity (Wildman–Crippen MR) is 73.9 cm³/mol. The van der Waals surface area contributed by atoms with E-state index in [9.17, 15) is 10.1 Å². The highest BCUT2D eigenvalue weighted by atomic mass is 79.9. The number of halogens is 1. The zero-order valence-electron chi connectivity index (χ0n) is 9.50. The summed E-state index contributed by atoms with van der Waals surface area (Å²) in [7, 11) is 0. The molecule has 0 aliphatic rings. The Kier molecular flexibility index (Phi) is 3.88. The van der Waals surface area contributed by atoms with Crippen LogP contribution in [0.2, 0.25) is 0 Å². The van der Waals surface area contributed by atoms with E-state index in [4.69, 9.17) is 5.84 Å². The van der Waals surface area contributed by atoms with Crippen LogP contribution in [0.15, 0.2) is 35.1 Å². The molecule has 0 amide bonds. The largest absolute Gasteiger partial charge is 0.354 e. The number of hydrogen-bond acceptors (Lipinski definition) is 7. The molecule has 0 bridgehead atoms. The Hall–Kier alpha value is -2.26. The van der Waals surface area contributed by atoms with Crippen LogP contribution in [0.5, 0.6) is 0 Å². The van der Waals surface area contributed by atoms with E-state index < -0.39 is 4.92 Å². The summed E-state index contributed by atoms with van der Waals surface area (Å²) in [6, 6.07) is 7.15. The molecule has 0 atom stereocenters. The van der Waals surface area contributed by atoms with Crippen LogP contribution >= 0.6 is 15.9 Å². The first-order valence-corrected chi connectivity index (χ1v) is 5.89. The number of hydrogen-bond donors (Lipinski definition) is 3. The van der Waals surface area contributed by atoms with E-state index in [1.807, 2.05) is 6.07 Å². The molecule has 2 rings (SSSR count). The molecule has 0 fully saturated rings. The molecule has 1 aromatic carbocycles. The minimum absolute atomic E-state index is 0.0579. The highest BCUT2D eigenvalue weighted by Gasteiger charge is 2.22. The van der Waals surface area contributed by atoms with Gasteiger partial charge in [-0.25, -0.2) is 15.8 Å². The first-order valence-electron chi connectivity index (χ1n) is 5.10. The van der Waals surface area contributed by atoms with Gasteiger partial charge in [0.1, 0.15) is 6.33 Å². The van der Waals surface area contributed by atoms with E-state index >= 15 is 0 Å². The van der Waals surface area contributed by atoms with Crippen LogP contribution in [-0.4, -0.2) is 14.9 Å². The fraction of sp³-hybridized carbons (Fsp3) is 0. The van der Waals surface area contributed by atoms with Crippen molar-refractivity contribution < 1.29 is 4.92 Å². The summed E-state index contributed by atoms with van der Waals surface area (Å²) in [5, 5.41) is 13.9. The van der Waals surface area contributed by atoms with Crippen molar-refractivity contribution in [3.63, 3.8) is 0 Å². The van der Waals surface area contributed by atoms with Crippen LogP contribution in [0.3, 0.4) is 0 Å². The van der Waals surface area contributed by atoms with E-state index in [0.29, 0.717) is 5.69 Å². The zero-order chi connectivity index (χ0) is 13.8. The molecule has 0 aliphatic carbocycles. The molecule has 2 aromatic rings. The number of aromatic nitrogens is 2. The molecule has 0 radical (unpaired) electrons. The fourth-order valence-electron chi connectivity index (χ4n) is 1.45. The summed E-state index contributed by atoms with van der Waals surface area (Å²) in [6.07, 6.45) is 1.18. The van der Waals surface area contributed by atoms with Gasteiger partial charge in [-0.05, 0) is 18.2 Å². The van der Waals surface area contributed by atoms with Crippen molar-refractivity contribution >= 4 is 38.9 Å². The van der Waals surface area contributed by atoms with Crippen molar-refractivity contribution in [2.75, 3.05) is 10.7 Å². The number of hydrazine groups is 1. The number of nitrogens with zero attached hydrogens (tertiary/aromatic N) is 3. The van der Waals surface area contributed by atoms with Gasteiger partial charge in [-0.15, -0.1) is 0 Å². The van der Waals surface area contributed by atoms with Gasteiger partial charge in [-0.1, -0.05) is 22.0 Å². The average molecular weight is 325 g/mol. The molecule has 0 spiro atoms. The number of nitro groups is 1. The number of rotatable bonds is 4. The molecular formula is C10H9BrN6O2. The normalized spacial score (nSPS) is 10.0. The molecule has 0 saturated carbocycles. The van der Waals surface area contributed by atoms with Crippen LogP contribution in [0.1, 0.15) is 0 Å². The van der Waals surface area contributed by atoms with Gasteiger partial charge in [0, 0.05) is 10.2 Å². The van der Waals surface area contributed by atoms with Gasteiger partial charge in [0.2, 0.25) is 11.6 Å². The highest BCUT2D eigenvalue weighted by Crippen LogP contribution is 2.30. The number of nitrogens with two attached hydrogens (primary N) is 1. The molecular weight excluding hydrogens is 316 g/mol. The van der Waals surface area contributed by atoms with E-state index in [1.54, 1.807) is 18.2 Å². The van der Waals surface area contributed by atoms with Crippen molar-refractivity contribution in [1.82, 2.24) is 9.97 Å². The molecule has 0 saturated heterocycles. The number of nitrogen functional groups attached to an aromatic ring is 1. The molecule has 8 nitrogen and oxygen atoms in total. The van der Waals surface area contributed by atoms with Crippen LogP contribution in [0.25, 0.3) is 0 Å². The molecule has 4 N–H and O–H groups in total. The second kappa shape index (κ2) is 5.59. The minimum atomic E-state index is -0.602. The van der Waals surface area contributed by atoms with Gasteiger partial charge in [0.15, 0.2) is 0 Å². The standard InChI is InChI=1S/C10H9BrN6O2/c11-6-2-1-3-7(4-6)15-9-8(17(18)19)10(16-12)14-5-13-9/h1-5H,12H2,(H2,13,14,15,16). The summed E-state index contributed by atoms with van der Waals surface area (Å²) in [5.41, 5.74) is 2.51. The van der Waals surface area contributed by atoms with Gasteiger partial charge in [-0.3, -0.25) is 10.1 Å². The van der Waals surface area contributed by atoms with Crippen molar-refractivity contribution in [2.45, 2.75) is 0 Å². The van der Waals surface area contributed by atoms with Crippen LogP contribution < -0.4 is 16.6 Å². The van der Waals surface area contributed by atoms with E-state index in [2.05, 4.69) is 36.6 Å². The van der Waals surface area contributed by atoms with Crippen molar-refractivity contribution in [1.29, 1.82) is 0 Å². The van der Waals surface area contributed by atoms with Gasteiger partial charge < -0.3 is 10.7 Å². The van der Waals surface area contributed by atoms with Crippen molar-refractivity contribution in [3.8, 4) is 0 Å². The summed E-state index contributed by atoms with van der Waals surface area (Å²) in [4.78, 5) is 18.0. The Morgan fingerprint density at radius 3 is 2.68 bits per heavy atom. The summed E-state index contributed by atoms with van der Waals surface area (Å²) in [5.74, 6) is 5.20. The van der Waals surface area contributed by atoms with Crippen LogP contribution in [0, 0.1) is 10.1 Å². The first kappa shape index (κ1) is 13.2. The Bertz CT molecular complexity index is 621. The molecule has 0 aliphatic heterocycles. The Labute approximate surface area is 116 Å². The molecule has 9 heteroatoms. The maximum atomic E-state index is 11.0. The third-order valence-corrected chi connectivity index (χ3v) is 2.72. The second-order valence-corrected chi connectivity index (χ2v) is 4.37. The monoisotopic (exact) mass is 324 g/mol. The van der Waals surface area contributed by atoms with Gasteiger partial charge in [-0.2, -0.15) is 0 Å².